The standard InChI is InChI=1S/C10H9NO6S2.2Na/c11-8-5-4-6-7(10(8)19(15,16)17)2-1-3-9(6)18(12,13)14;;/h1-5H,11H2,(H,12,13,14)(H,15,16,17);;. The third-order valence-electron chi connectivity index (χ3n) is 2.54. The van der Waals surface area contributed by atoms with Crippen LogP contribution in [0.5, 0.6) is 0 Å². The summed E-state index contributed by atoms with van der Waals surface area (Å²) in [6, 6.07) is 6.02. The molecule has 0 fully saturated rings. The number of fused-ring (bicyclic) bond motifs is 1. The maximum absolute atomic E-state index is 11.3. The van der Waals surface area contributed by atoms with E-state index in [1.165, 1.54) is 18.2 Å². The molecule has 2 aromatic rings. The summed E-state index contributed by atoms with van der Waals surface area (Å²) < 4.78 is 63.2. The molecule has 0 atom stereocenters. The summed E-state index contributed by atoms with van der Waals surface area (Å²) in [7, 11) is -9.15. The quantitative estimate of drug-likeness (QED) is 0.399. The van der Waals surface area contributed by atoms with E-state index in [2.05, 4.69) is 0 Å². The number of nitrogen functional groups attached to an aromatic ring is 1. The third kappa shape index (κ3) is 4.41. The van der Waals surface area contributed by atoms with Gasteiger partial charge >= 0.3 is 0 Å². The fourth-order valence-corrected chi connectivity index (χ4v) is 3.36. The van der Waals surface area contributed by atoms with Crippen LogP contribution in [0.1, 0.15) is 0 Å². The van der Waals surface area contributed by atoms with Gasteiger partial charge in [0.25, 0.3) is 20.2 Å². The Morgan fingerprint density at radius 2 is 1.38 bits per heavy atom. The van der Waals surface area contributed by atoms with Crippen molar-refractivity contribution < 1.29 is 25.9 Å². The zero-order valence-electron chi connectivity index (χ0n) is 11.3. The van der Waals surface area contributed by atoms with Gasteiger partial charge in [-0.3, -0.25) is 9.11 Å². The minimum atomic E-state index is -4.62. The number of rotatable bonds is 2. The summed E-state index contributed by atoms with van der Waals surface area (Å²) in [5.74, 6) is 0. The Hall–Kier alpha value is 0.320. The largest absolute Gasteiger partial charge is 0.398 e. The monoisotopic (exact) mass is 349 g/mol. The second-order valence-electron chi connectivity index (χ2n) is 3.79. The Morgan fingerprint density at radius 3 is 1.86 bits per heavy atom. The van der Waals surface area contributed by atoms with Crippen molar-refractivity contribution in [2.75, 3.05) is 5.73 Å². The van der Waals surface area contributed by atoms with E-state index in [-0.39, 0.29) is 75.6 Å². The van der Waals surface area contributed by atoms with Crippen LogP contribution in [0.4, 0.5) is 5.69 Å². The molecule has 2 rings (SSSR count). The molecule has 0 aromatic heterocycles. The van der Waals surface area contributed by atoms with Crippen LogP contribution in [0.25, 0.3) is 10.8 Å². The van der Waals surface area contributed by atoms with Crippen LogP contribution >= 0.6 is 0 Å². The molecule has 104 valence electrons. The van der Waals surface area contributed by atoms with Gasteiger partial charge in [-0.1, -0.05) is 18.2 Å². The molecule has 0 aliphatic heterocycles. The molecule has 4 N–H and O–H groups in total. The Balaban J connectivity index is 0.00000200. The van der Waals surface area contributed by atoms with Crippen LogP contribution in [-0.4, -0.2) is 85.1 Å². The van der Waals surface area contributed by atoms with Crippen LogP contribution < -0.4 is 5.73 Å². The summed E-state index contributed by atoms with van der Waals surface area (Å²) in [6.07, 6.45) is 0. The van der Waals surface area contributed by atoms with Gasteiger partial charge in [-0.25, -0.2) is 0 Å². The van der Waals surface area contributed by atoms with Crippen molar-refractivity contribution in [3.63, 3.8) is 0 Å². The van der Waals surface area contributed by atoms with E-state index >= 15 is 0 Å². The third-order valence-corrected chi connectivity index (χ3v) is 4.42. The fourth-order valence-electron chi connectivity index (χ4n) is 1.83. The molecule has 11 heteroatoms. The summed E-state index contributed by atoms with van der Waals surface area (Å²) >= 11 is 0. The van der Waals surface area contributed by atoms with Crippen molar-refractivity contribution in [1.82, 2.24) is 0 Å². The van der Waals surface area contributed by atoms with E-state index in [9.17, 15) is 16.8 Å². The number of nitrogens with two attached hydrogens (primary N) is 1. The van der Waals surface area contributed by atoms with Gasteiger partial charge in [-0.05, 0) is 12.1 Å². The van der Waals surface area contributed by atoms with Crippen molar-refractivity contribution >= 4 is 95.8 Å². The maximum Gasteiger partial charge on any atom is 0.297 e. The first-order valence-corrected chi connectivity index (χ1v) is 7.76. The van der Waals surface area contributed by atoms with E-state index in [1.54, 1.807) is 0 Å². The number of hydrogen-bond donors (Lipinski definition) is 3. The minimum absolute atomic E-state index is 0. The number of hydrogen-bond acceptors (Lipinski definition) is 5. The number of benzene rings is 2. The molecule has 2 radical (unpaired) electrons. The topological polar surface area (TPSA) is 135 Å². The molecule has 0 aliphatic rings. The smallest absolute Gasteiger partial charge is 0.297 e. The van der Waals surface area contributed by atoms with Crippen LogP contribution in [0, 0.1) is 0 Å². The molecular formula is C10H9NNa2O6S2. The summed E-state index contributed by atoms with van der Waals surface area (Å²) in [6.45, 7) is 0. The Kier molecular flexibility index (Phi) is 7.37. The molecule has 0 amide bonds. The molecule has 0 spiro atoms. The van der Waals surface area contributed by atoms with Crippen LogP contribution in [0.2, 0.25) is 0 Å². The van der Waals surface area contributed by atoms with E-state index in [0.29, 0.717) is 0 Å². The first-order valence-electron chi connectivity index (χ1n) is 4.88. The molecule has 21 heavy (non-hydrogen) atoms. The van der Waals surface area contributed by atoms with E-state index in [1.807, 2.05) is 0 Å². The molecule has 7 nitrogen and oxygen atoms in total. The van der Waals surface area contributed by atoms with Crippen molar-refractivity contribution in [1.29, 1.82) is 0 Å². The maximum atomic E-state index is 11.3. The van der Waals surface area contributed by atoms with Gasteiger partial charge in [-0.15, -0.1) is 0 Å². The van der Waals surface area contributed by atoms with Gasteiger partial charge in [0.15, 0.2) is 0 Å². The van der Waals surface area contributed by atoms with Crippen LogP contribution in [-0.2, 0) is 20.2 Å². The van der Waals surface area contributed by atoms with Crippen molar-refractivity contribution in [2.24, 2.45) is 0 Å². The van der Waals surface area contributed by atoms with E-state index < -0.39 is 30.0 Å². The molecule has 0 bridgehead atoms. The van der Waals surface area contributed by atoms with Crippen molar-refractivity contribution in [3.8, 4) is 0 Å². The zero-order chi connectivity index (χ0) is 14.4. The van der Waals surface area contributed by atoms with Gasteiger partial charge < -0.3 is 5.73 Å². The Bertz CT molecular complexity index is 880. The SMILES string of the molecule is Nc1ccc2c(S(=O)(=O)O)cccc2c1S(=O)(=O)O.[Na].[Na]. The van der Waals surface area contributed by atoms with Crippen molar-refractivity contribution in [3.05, 3.63) is 30.3 Å². The van der Waals surface area contributed by atoms with E-state index in [4.69, 9.17) is 14.8 Å². The molecule has 0 saturated heterocycles. The molecule has 0 unspecified atom stereocenters. The molecular weight excluding hydrogens is 340 g/mol. The Labute approximate surface area is 166 Å². The van der Waals surface area contributed by atoms with Crippen LogP contribution in [0.3, 0.4) is 0 Å². The second kappa shape index (κ2) is 7.26. The van der Waals surface area contributed by atoms with Gasteiger partial charge in [0.2, 0.25) is 0 Å². The van der Waals surface area contributed by atoms with Gasteiger partial charge in [-0.2, -0.15) is 16.8 Å². The van der Waals surface area contributed by atoms with E-state index in [0.717, 1.165) is 12.1 Å². The average molecular weight is 349 g/mol. The summed E-state index contributed by atoms with van der Waals surface area (Å²) in [4.78, 5) is -1.05. The van der Waals surface area contributed by atoms with Crippen molar-refractivity contribution in [2.45, 2.75) is 9.79 Å². The predicted molar refractivity (Wildman–Crippen MR) is 79.5 cm³/mol. The van der Waals surface area contributed by atoms with Gasteiger partial charge in [0.1, 0.15) is 9.79 Å². The summed E-state index contributed by atoms with van der Waals surface area (Å²) in [5.41, 5.74) is 5.26. The fraction of sp³-hybridized carbons (Fsp3) is 0. The first kappa shape index (κ1) is 21.3. The predicted octanol–water partition coefficient (Wildman–Crippen LogP) is 0.154. The van der Waals surface area contributed by atoms with Gasteiger partial charge in [0, 0.05) is 69.9 Å². The zero-order valence-corrected chi connectivity index (χ0v) is 16.9. The molecule has 0 saturated carbocycles. The average Bonchev–Trinajstić information content (AvgIpc) is 2.24. The normalized spacial score (nSPS) is 11.5. The Morgan fingerprint density at radius 1 is 0.810 bits per heavy atom. The van der Waals surface area contributed by atoms with Gasteiger partial charge in [0.05, 0.1) is 5.69 Å². The minimum Gasteiger partial charge on any atom is -0.398 e. The molecule has 2 aromatic carbocycles. The number of anilines is 1. The first-order chi connectivity index (χ1) is 8.62. The summed E-state index contributed by atoms with van der Waals surface area (Å²) in [5, 5.41) is -0.135. The van der Waals surface area contributed by atoms with Crippen LogP contribution in [0.15, 0.2) is 40.1 Å². The molecule has 0 aliphatic carbocycles. The molecule has 0 heterocycles. The second-order valence-corrected chi connectivity index (χ2v) is 6.53.